The van der Waals surface area contributed by atoms with Crippen molar-refractivity contribution in [3.8, 4) is 5.75 Å². The summed E-state index contributed by atoms with van der Waals surface area (Å²) in [6.45, 7) is -0.862. The number of alkyl halides is 3. The minimum Gasteiger partial charge on any atom is -0.435 e. The van der Waals surface area contributed by atoms with Crippen LogP contribution in [0.4, 0.5) is 8.78 Å². The Labute approximate surface area is 93.0 Å². The zero-order chi connectivity index (χ0) is 11.3. The third kappa shape index (κ3) is 4.04. The molecule has 0 heterocycles. The number of rotatable bonds is 5. The number of aryl methyl sites for hydroxylation is 2. The van der Waals surface area contributed by atoms with E-state index in [2.05, 4.69) is 4.74 Å². The number of ether oxygens (including phenoxy) is 1. The van der Waals surface area contributed by atoms with Gasteiger partial charge in [0.1, 0.15) is 5.75 Å². The van der Waals surface area contributed by atoms with Gasteiger partial charge in [0, 0.05) is 5.88 Å². The Morgan fingerprint density at radius 3 is 2.73 bits per heavy atom. The fourth-order valence-corrected chi connectivity index (χ4v) is 1.51. The summed E-state index contributed by atoms with van der Waals surface area (Å²) < 4.78 is 28.6. The van der Waals surface area contributed by atoms with Gasteiger partial charge in [0.05, 0.1) is 0 Å². The normalized spacial score (nSPS) is 10.7. The Hall–Kier alpha value is -0.830. The molecule has 0 aliphatic heterocycles. The third-order valence-electron chi connectivity index (χ3n) is 2.01. The molecule has 15 heavy (non-hydrogen) atoms. The van der Waals surface area contributed by atoms with E-state index in [4.69, 9.17) is 11.6 Å². The van der Waals surface area contributed by atoms with Gasteiger partial charge in [0.15, 0.2) is 0 Å². The molecule has 0 N–H and O–H groups in total. The van der Waals surface area contributed by atoms with Crippen molar-refractivity contribution >= 4 is 11.6 Å². The van der Waals surface area contributed by atoms with Crippen molar-refractivity contribution in [1.29, 1.82) is 0 Å². The first kappa shape index (κ1) is 12.2. The van der Waals surface area contributed by atoms with Crippen molar-refractivity contribution in [3.05, 3.63) is 29.3 Å². The maximum Gasteiger partial charge on any atom is 0.387 e. The largest absolute Gasteiger partial charge is 0.435 e. The minimum atomic E-state index is -2.78. The van der Waals surface area contributed by atoms with Crippen LogP contribution >= 0.6 is 11.6 Å². The molecule has 0 saturated heterocycles. The number of halogens is 3. The topological polar surface area (TPSA) is 9.23 Å². The summed E-state index contributed by atoms with van der Waals surface area (Å²) in [6, 6.07) is 5.18. The molecule has 1 aromatic carbocycles. The monoisotopic (exact) mass is 234 g/mol. The van der Waals surface area contributed by atoms with Gasteiger partial charge in [0.25, 0.3) is 0 Å². The molecule has 0 atom stereocenters. The highest BCUT2D eigenvalue weighted by Crippen LogP contribution is 2.23. The lowest BCUT2D eigenvalue weighted by Crippen LogP contribution is -2.04. The van der Waals surface area contributed by atoms with Crippen LogP contribution in [0.2, 0.25) is 0 Å². The van der Waals surface area contributed by atoms with E-state index >= 15 is 0 Å². The van der Waals surface area contributed by atoms with Crippen LogP contribution in [-0.2, 0) is 6.42 Å². The molecule has 0 unspecified atom stereocenters. The van der Waals surface area contributed by atoms with Crippen LogP contribution in [0.1, 0.15) is 17.5 Å². The Kier molecular flexibility index (Phi) is 4.82. The van der Waals surface area contributed by atoms with Crippen LogP contribution in [0.15, 0.2) is 18.2 Å². The summed E-state index contributed by atoms with van der Waals surface area (Å²) in [5.41, 5.74) is 1.82. The van der Waals surface area contributed by atoms with Gasteiger partial charge in [0.2, 0.25) is 0 Å². The zero-order valence-corrected chi connectivity index (χ0v) is 9.23. The van der Waals surface area contributed by atoms with E-state index in [9.17, 15) is 8.78 Å². The lowest BCUT2D eigenvalue weighted by Gasteiger charge is -2.10. The highest BCUT2D eigenvalue weighted by molar-refractivity contribution is 6.17. The number of hydrogen-bond acceptors (Lipinski definition) is 1. The molecule has 84 valence electrons. The van der Waals surface area contributed by atoms with Crippen LogP contribution in [0.3, 0.4) is 0 Å². The average molecular weight is 235 g/mol. The van der Waals surface area contributed by atoms with E-state index in [0.29, 0.717) is 12.3 Å². The fourth-order valence-electron chi connectivity index (χ4n) is 1.37. The van der Waals surface area contributed by atoms with E-state index < -0.39 is 6.61 Å². The van der Waals surface area contributed by atoms with E-state index in [1.54, 1.807) is 12.1 Å². The van der Waals surface area contributed by atoms with Crippen molar-refractivity contribution in [2.75, 3.05) is 5.88 Å². The minimum absolute atomic E-state index is 0.251. The molecule has 1 rings (SSSR count). The molecule has 0 aromatic heterocycles. The summed E-state index contributed by atoms with van der Waals surface area (Å²) >= 11 is 5.56. The highest BCUT2D eigenvalue weighted by Gasteiger charge is 2.09. The van der Waals surface area contributed by atoms with Crippen molar-refractivity contribution in [1.82, 2.24) is 0 Å². The first-order valence-electron chi connectivity index (χ1n) is 4.74. The summed E-state index contributed by atoms with van der Waals surface area (Å²) in [5, 5.41) is 0. The molecule has 0 aliphatic rings. The van der Waals surface area contributed by atoms with Gasteiger partial charge in [-0.05, 0) is 31.4 Å². The van der Waals surface area contributed by atoms with Crippen molar-refractivity contribution in [3.63, 3.8) is 0 Å². The van der Waals surface area contributed by atoms with Crippen LogP contribution in [-0.4, -0.2) is 12.5 Å². The summed E-state index contributed by atoms with van der Waals surface area (Å²) in [4.78, 5) is 0. The van der Waals surface area contributed by atoms with E-state index in [1.165, 1.54) is 0 Å². The molecule has 1 aromatic rings. The Balaban J connectivity index is 2.82. The van der Waals surface area contributed by atoms with Gasteiger partial charge < -0.3 is 4.74 Å². The second kappa shape index (κ2) is 5.91. The third-order valence-corrected chi connectivity index (χ3v) is 2.28. The van der Waals surface area contributed by atoms with Crippen LogP contribution in [0.25, 0.3) is 0 Å². The van der Waals surface area contributed by atoms with Crippen molar-refractivity contribution < 1.29 is 13.5 Å². The maximum atomic E-state index is 12.1. The van der Waals surface area contributed by atoms with Gasteiger partial charge >= 0.3 is 6.61 Å². The predicted octanol–water partition coefficient (Wildman–Crippen LogP) is 3.77. The zero-order valence-electron chi connectivity index (χ0n) is 8.47. The maximum absolute atomic E-state index is 12.1. The fraction of sp³-hybridized carbons (Fsp3) is 0.455. The molecular formula is C11H13ClF2O. The van der Waals surface area contributed by atoms with Crippen molar-refractivity contribution in [2.45, 2.75) is 26.4 Å². The number of benzene rings is 1. The van der Waals surface area contributed by atoms with E-state index in [1.807, 2.05) is 13.0 Å². The lowest BCUT2D eigenvalue weighted by atomic mass is 10.1. The van der Waals surface area contributed by atoms with Gasteiger partial charge in [-0.1, -0.05) is 17.7 Å². The molecule has 0 amide bonds. The first-order chi connectivity index (χ1) is 7.13. The van der Waals surface area contributed by atoms with Crippen molar-refractivity contribution in [2.24, 2.45) is 0 Å². The van der Waals surface area contributed by atoms with Gasteiger partial charge in [-0.2, -0.15) is 8.78 Å². The molecule has 0 fully saturated rings. The summed E-state index contributed by atoms with van der Waals surface area (Å²) in [5.74, 6) is 0.767. The second-order valence-corrected chi connectivity index (χ2v) is 3.66. The Morgan fingerprint density at radius 2 is 2.13 bits per heavy atom. The summed E-state index contributed by atoms with van der Waals surface area (Å²) in [7, 11) is 0. The van der Waals surface area contributed by atoms with Gasteiger partial charge in [-0.25, -0.2) is 0 Å². The standard InChI is InChI=1S/C11H13ClF2O/c1-8-4-5-10(15-11(13)14)9(7-8)3-2-6-12/h4-5,7,11H,2-3,6H2,1H3. The quantitative estimate of drug-likeness (QED) is 0.705. The van der Waals surface area contributed by atoms with E-state index in [0.717, 1.165) is 17.5 Å². The smallest absolute Gasteiger partial charge is 0.387 e. The Morgan fingerprint density at radius 1 is 1.40 bits per heavy atom. The van der Waals surface area contributed by atoms with Gasteiger partial charge in [-0.3, -0.25) is 0 Å². The SMILES string of the molecule is Cc1ccc(OC(F)F)c(CCCCl)c1. The van der Waals surface area contributed by atoms with E-state index in [-0.39, 0.29) is 5.75 Å². The van der Waals surface area contributed by atoms with Crippen LogP contribution in [0.5, 0.6) is 5.75 Å². The number of hydrogen-bond donors (Lipinski definition) is 0. The molecular weight excluding hydrogens is 222 g/mol. The highest BCUT2D eigenvalue weighted by atomic mass is 35.5. The molecule has 0 bridgehead atoms. The molecule has 1 nitrogen and oxygen atoms in total. The van der Waals surface area contributed by atoms with Crippen LogP contribution in [0, 0.1) is 6.92 Å². The summed E-state index contributed by atoms with van der Waals surface area (Å²) in [6.07, 6.45) is 1.41. The Bertz CT molecular complexity index is 315. The second-order valence-electron chi connectivity index (χ2n) is 3.28. The molecule has 4 heteroatoms. The molecule has 0 spiro atoms. The predicted molar refractivity (Wildman–Crippen MR) is 56.9 cm³/mol. The molecule has 0 aliphatic carbocycles. The molecule has 0 radical (unpaired) electrons. The van der Waals surface area contributed by atoms with Crippen LogP contribution < -0.4 is 4.74 Å². The molecule has 0 saturated carbocycles. The first-order valence-corrected chi connectivity index (χ1v) is 5.27. The lowest BCUT2D eigenvalue weighted by molar-refractivity contribution is -0.0504. The van der Waals surface area contributed by atoms with Gasteiger partial charge in [-0.15, -0.1) is 11.6 Å². The average Bonchev–Trinajstić information content (AvgIpc) is 2.18.